The van der Waals surface area contributed by atoms with Gasteiger partial charge in [0.2, 0.25) is 11.8 Å². The van der Waals surface area contributed by atoms with E-state index in [0.717, 1.165) is 20.1 Å². The van der Waals surface area contributed by atoms with E-state index in [-0.39, 0.29) is 11.8 Å². The van der Waals surface area contributed by atoms with Gasteiger partial charge in [-0.05, 0) is 71.8 Å². The summed E-state index contributed by atoms with van der Waals surface area (Å²) in [6.07, 6.45) is 6.44. The minimum atomic E-state index is -0.230. The van der Waals surface area contributed by atoms with Gasteiger partial charge in [0.25, 0.3) is 0 Å². The van der Waals surface area contributed by atoms with Crippen molar-refractivity contribution < 1.29 is 9.59 Å². The molecule has 0 radical (unpaired) electrons. The highest BCUT2D eigenvalue weighted by atomic mass is 79.9. The van der Waals surface area contributed by atoms with E-state index in [9.17, 15) is 9.59 Å². The normalized spacial score (nSPS) is 11.0. The Hall–Kier alpha value is -2.96. The first-order valence-corrected chi connectivity index (χ1v) is 10.7. The summed E-state index contributed by atoms with van der Waals surface area (Å²) in [7, 11) is 0. The maximum absolute atomic E-state index is 12.1. The zero-order valence-electron chi connectivity index (χ0n) is 15.8. The highest BCUT2D eigenvalue weighted by Gasteiger charge is 2.01. The Bertz CT molecular complexity index is 983. The number of halogens is 2. The fourth-order valence-electron chi connectivity index (χ4n) is 2.50. The van der Waals surface area contributed by atoms with E-state index in [0.29, 0.717) is 11.4 Å². The SMILES string of the molecule is O=C(/C=C/c1ccc(Br)cc1)Nc1ccc(NC(=O)/C=C/c2ccc(Br)cc2)cc1. The molecule has 6 heteroatoms. The molecule has 0 saturated heterocycles. The number of anilines is 2. The second kappa shape index (κ2) is 10.7. The maximum atomic E-state index is 12.1. The summed E-state index contributed by atoms with van der Waals surface area (Å²) < 4.78 is 1.97. The van der Waals surface area contributed by atoms with Crippen molar-refractivity contribution in [2.45, 2.75) is 0 Å². The largest absolute Gasteiger partial charge is 0.323 e. The lowest BCUT2D eigenvalue weighted by molar-refractivity contribution is -0.112. The number of carbonyl (C=O) groups is 2. The van der Waals surface area contributed by atoms with Crippen molar-refractivity contribution in [1.29, 1.82) is 0 Å². The van der Waals surface area contributed by atoms with Gasteiger partial charge >= 0.3 is 0 Å². The fourth-order valence-corrected chi connectivity index (χ4v) is 3.03. The predicted octanol–water partition coefficient (Wildman–Crippen LogP) is 6.52. The average Bonchev–Trinajstić information content (AvgIpc) is 2.74. The smallest absolute Gasteiger partial charge is 0.248 e. The number of nitrogens with one attached hydrogen (secondary N) is 2. The molecule has 3 aromatic rings. The molecule has 2 N–H and O–H groups in total. The lowest BCUT2D eigenvalue weighted by Gasteiger charge is -2.05. The van der Waals surface area contributed by atoms with Gasteiger partial charge in [-0.2, -0.15) is 0 Å². The predicted molar refractivity (Wildman–Crippen MR) is 130 cm³/mol. The van der Waals surface area contributed by atoms with Crippen molar-refractivity contribution in [2.75, 3.05) is 10.6 Å². The summed E-state index contributed by atoms with van der Waals surface area (Å²) in [6.45, 7) is 0. The van der Waals surface area contributed by atoms with Crippen LogP contribution in [-0.4, -0.2) is 11.8 Å². The van der Waals surface area contributed by atoms with Gasteiger partial charge < -0.3 is 10.6 Å². The molecule has 0 fully saturated rings. The Kier molecular flexibility index (Phi) is 7.76. The van der Waals surface area contributed by atoms with Crippen LogP contribution in [0.4, 0.5) is 11.4 Å². The molecule has 3 aromatic carbocycles. The van der Waals surface area contributed by atoms with Gasteiger partial charge in [0.05, 0.1) is 0 Å². The molecule has 0 spiro atoms. The fraction of sp³-hybridized carbons (Fsp3) is 0. The van der Waals surface area contributed by atoms with Crippen molar-refractivity contribution in [3.8, 4) is 0 Å². The molecule has 0 unspecified atom stereocenters. The van der Waals surface area contributed by atoms with Crippen molar-refractivity contribution in [3.05, 3.63) is 105 Å². The van der Waals surface area contributed by atoms with Crippen molar-refractivity contribution >= 4 is 67.2 Å². The molecule has 0 saturated carbocycles. The first-order chi connectivity index (χ1) is 14.5. The molecular formula is C24H18Br2N2O2. The van der Waals surface area contributed by atoms with Crippen LogP contribution in [0.25, 0.3) is 12.2 Å². The quantitative estimate of drug-likeness (QED) is 0.360. The van der Waals surface area contributed by atoms with Gasteiger partial charge in [-0.1, -0.05) is 56.1 Å². The number of rotatable bonds is 6. The summed E-state index contributed by atoms with van der Waals surface area (Å²) in [5.74, 6) is -0.459. The van der Waals surface area contributed by atoms with Crippen LogP contribution in [0.2, 0.25) is 0 Å². The van der Waals surface area contributed by atoms with Gasteiger partial charge in [-0.15, -0.1) is 0 Å². The number of benzene rings is 3. The third-order valence-electron chi connectivity index (χ3n) is 4.01. The Labute approximate surface area is 192 Å². The maximum Gasteiger partial charge on any atom is 0.248 e. The van der Waals surface area contributed by atoms with Crippen LogP contribution in [0.15, 0.2) is 93.9 Å². The summed E-state index contributed by atoms with van der Waals surface area (Å²) in [5.41, 5.74) is 3.15. The Balaban J connectivity index is 1.51. The van der Waals surface area contributed by atoms with Crippen LogP contribution >= 0.6 is 31.9 Å². The van der Waals surface area contributed by atoms with E-state index in [2.05, 4.69) is 42.5 Å². The number of hydrogen-bond donors (Lipinski definition) is 2. The van der Waals surface area contributed by atoms with Crippen molar-refractivity contribution in [2.24, 2.45) is 0 Å². The first-order valence-electron chi connectivity index (χ1n) is 9.07. The molecule has 0 aliphatic heterocycles. The molecular weight excluding hydrogens is 508 g/mol. The van der Waals surface area contributed by atoms with E-state index in [4.69, 9.17) is 0 Å². The van der Waals surface area contributed by atoms with E-state index in [1.54, 1.807) is 36.4 Å². The van der Waals surface area contributed by atoms with E-state index in [1.807, 2.05) is 48.5 Å². The van der Waals surface area contributed by atoms with E-state index < -0.39 is 0 Å². The van der Waals surface area contributed by atoms with Crippen LogP contribution in [-0.2, 0) is 9.59 Å². The standard InChI is InChI=1S/C24H18Br2N2O2/c25-19-7-1-17(2-8-19)5-15-23(29)27-21-11-13-22(14-12-21)28-24(30)16-6-18-3-9-20(26)10-4-18/h1-16H,(H,27,29)(H,28,30)/b15-5+,16-6+. The summed E-state index contributed by atoms with van der Waals surface area (Å²) in [5, 5.41) is 5.58. The lowest BCUT2D eigenvalue weighted by Crippen LogP contribution is -2.09. The van der Waals surface area contributed by atoms with Gasteiger partial charge in [-0.3, -0.25) is 9.59 Å². The molecule has 3 rings (SSSR count). The van der Waals surface area contributed by atoms with Gasteiger partial charge in [-0.25, -0.2) is 0 Å². The Morgan fingerprint density at radius 3 is 1.23 bits per heavy atom. The van der Waals surface area contributed by atoms with Crippen LogP contribution in [0.3, 0.4) is 0 Å². The monoisotopic (exact) mass is 524 g/mol. The third-order valence-corrected chi connectivity index (χ3v) is 5.07. The third kappa shape index (κ3) is 7.13. The topological polar surface area (TPSA) is 58.2 Å². The van der Waals surface area contributed by atoms with Crippen LogP contribution < -0.4 is 10.6 Å². The highest BCUT2D eigenvalue weighted by Crippen LogP contribution is 2.15. The van der Waals surface area contributed by atoms with Crippen molar-refractivity contribution in [3.63, 3.8) is 0 Å². The molecule has 2 amide bonds. The number of hydrogen-bond acceptors (Lipinski definition) is 2. The van der Waals surface area contributed by atoms with E-state index >= 15 is 0 Å². The summed E-state index contributed by atoms with van der Waals surface area (Å²) in [4.78, 5) is 24.1. The molecule has 0 aromatic heterocycles. The minimum Gasteiger partial charge on any atom is -0.323 e. The zero-order chi connectivity index (χ0) is 21.3. The number of carbonyl (C=O) groups excluding carboxylic acids is 2. The average molecular weight is 526 g/mol. The summed E-state index contributed by atoms with van der Waals surface area (Å²) in [6, 6.07) is 22.3. The lowest BCUT2D eigenvalue weighted by atomic mass is 10.2. The van der Waals surface area contributed by atoms with E-state index in [1.165, 1.54) is 12.2 Å². The first kappa shape index (κ1) is 21.7. The molecule has 150 valence electrons. The van der Waals surface area contributed by atoms with Crippen LogP contribution in [0, 0.1) is 0 Å². The second-order valence-electron chi connectivity index (χ2n) is 6.33. The van der Waals surface area contributed by atoms with Gasteiger partial charge in [0.1, 0.15) is 0 Å². The molecule has 4 nitrogen and oxygen atoms in total. The molecule has 30 heavy (non-hydrogen) atoms. The van der Waals surface area contributed by atoms with Gasteiger partial charge in [0.15, 0.2) is 0 Å². The van der Waals surface area contributed by atoms with Gasteiger partial charge in [0, 0.05) is 32.5 Å². The second-order valence-corrected chi connectivity index (χ2v) is 8.16. The Morgan fingerprint density at radius 2 is 0.900 bits per heavy atom. The highest BCUT2D eigenvalue weighted by molar-refractivity contribution is 9.10. The molecule has 0 heterocycles. The molecule has 0 bridgehead atoms. The zero-order valence-corrected chi connectivity index (χ0v) is 19.0. The molecule has 0 aliphatic rings. The molecule has 0 aliphatic carbocycles. The van der Waals surface area contributed by atoms with Crippen LogP contribution in [0.1, 0.15) is 11.1 Å². The number of amides is 2. The summed E-state index contributed by atoms with van der Waals surface area (Å²) >= 11 is 6.75. The Morgan fingerprint density at radius 1 is 0.567 bits per heavy atom. The molecule has 0 atom stereocenters. The van der Waals surface area contributed by atoms with Crippen molar-refractivity contribution in [1.82, 2.24) is 0 Å². The van der Waals surface area contributed by atoms with Crippen LogP contribution in [0.5, 0.6) is 0 Å². The minimum absolute atomic E-state index is 0.230.